The first-order chi connectivity index (χ1) is 15.5. The Labute approximate surface area is 187 Å². The van der Waals surface area contributed by atoms with Crippen LogP contribution in [-0.4, -0.2) is 50.6 Å². The molecule has 3 aromatic rings. The predicted octanol–water partition coefficient (Wildman–Crippen LogP) is 4.02. The predicted molar refractivity (Wildman–Crippen MR) is 115 cm³/mol. The van der Waals surface area contributed by atoms with Crippen LogP contribution < -0.4 is 0 Å². The second-order valence-corrected chi connectivity index (χ2v) is 9.92. The minimum atomic E-state index is -0.830. The summed E-state index contributed by atoms with van der Waals surface area (Å²) in [6, 6.07) is 5.08. The van der Waals surface area contributed by atoms with Crippen molar-refractivity contribution in [2.45, 2.75) is 50.1 Å². The van der Waals surface area contributed by atoms with Crippen LogP contribution in [0, 0.1) is 11.6 Å². The molecular weight excluding hydrogens is 434 g/mol. The Bertz CT molecular complexity index is 1140. The Kier molecular flexibility index (Phi) is 4.74. The fourth-order valence-corrected chi connectivity index (χ4v) is 6.28. The van der Waals surface area contributed by atoms with Crippen molar-refractivity contribution in [2.24, 2.45) is 0 Å². The Morgan fingerprint density at radius 1 is 1.16 bits per heavy atom. The van der Waals surface area contributed by atoms with Crippen LogP contribution >= 0.6 is 11.3 Å². The van der Waals surface area contributed by atoms with Crippen LogP contribution in [0.1, 0.15) is 42.3 Å². The number of hydrogen-bond acceptors (Lipinski definition) is 6. The summed E-state index contributed by atoms with van der Waals surface area (Å²) in [5.41, 5.74) is 0.633. The van der Waals surface area contributed by atoms with Crippen LogP contribution in [0.3, 0.4) is 0 Å². The Morgan fingerprint density at radius 3 is 2.69 bits per heavy atom. The number of nitrogens with zero attached hydrogens (tertiary/aromatic N) is 4. The smallest absolute Gasteiger partial charge is 0.257 e. The summed E-state index contributed by atoms with van der Waals surface area (Å²) < 4.78 is 34.9. The van der Waals surface area contributed by atoms with Gasteiger partial charge in [-0.15, -0.1) is 11.3 Å². The monoisotopic (exact) mass is 456 g/mol. The number of rotatable bonds is 3. The van der Waals surface area contributed by atoms with Crippen molar-refractivity contribution in [1.29, 1.82) is 0 Å². The molecule has 2 atom stereocenters. The molecule has 166 valence electrons. The van der Waals surface area contributed by atoms with Crippen LogP contribution in [0.5, 0.6) is 0 Å². The lowest BCUT2D eigenvalue weighted by Gasteiger charge is -2.37. The summed E-state index contributed by atoms with van der Waals surface area (Å²) in [5, 5.41) is 1.04. The largest absolute Gasteiger partial charge is 0.342 e. The van der Waals surface area contributed by atoms with Gasteiger partial charge in [0.05, 0.1) is 22.8 Å². The van der Waals surface area contributed by atoms with Gasteiger partial charge in [-0.2, -0.15) is 0 Å². The number of amides is 1. The van der Waals surface area contributed by atoms with Crippen LogP contribution in [0.15, 0.2) is 36.7 Å². The van der Waals surface area contributed by atoms with Gasteiger partial charge in [0.1, 0.15) is 22.9 Å². The minimum absolute atomic E-state index is 0.0413. The van der Waals surface area contributed by atoms with Gasteiger partial charge in [-0.05, 0) is 49.4 Å². The van der Waals surface area contributed by atoms with E-state index >= 15 is 0 Å². The number of likely N-dealkylation sites (tertiary alicyclic amines) is 1. The lowest BCUT2D eigenvalue weighted by molar-refractivity contribution is -0.143. The maximum Gasteiger partial charge on any atom is 0.257 e. The fraction of sp³-hybridized carbons (Fsp3) is 0.435. The van der Waals surface area contributed by atoms with Gasteiger partial charge in [0.15, 0.2) is 5.60 Å². The third-order valence-corrected chi connectivity index (χ3v) is 7.84. The molecule has 0 N–H and O–H groups in total. The third kappa shape index (κ3) is 3.30. The molecule has 1 unspecified atom stereocenters. The molecule has 1 spiro atoms. The summed E-state index contributed by atoms with van der Waals surface area (Å²) in [7, 11) is 0. The first kappa shape index (κ1) is 20.1. The van der Waals surface area contributed by atoms with Gasteiger partial charge in [-0.1, -0.05) is 0 Å². The zero-order valence-corrected chi connectivity index (χ0v) is 18.2. The number of hydrogen-bond donors (Lipinski definition) is 0. The molecule has 5 heterocycles. The van der Waals surface area contributed by atoms with Gasteiger partial charge < -0.3 is 9.64 Å². The van der Waals surface area contributed by atoms with Crippen molar-refractivity contribution < 1.29 is 18.3 Å². The quantitative estimate of drug-likeness (QED) is 0.596. The highest BCUT2D eigenvalue weighted by molar-refractivity contribution is 7.18. The molecule has 2 aromatic heterocycles. The van der Waals surface area contributed by atoms with Gasteiger partial charge in [0.25, 0.3) is 5.91 Å². The number of piperidine rings is 1. The summed E-state index contributed by atoms with van der Waals surface area (Å²) in [5.74, 6) is -1.28. The molecule has 32 heavy (non-hydrogen) atoms. The highest BCUT2D eigenvalue weighted by atomic mass is 32.1. The molecule has 0 saturated carbocycles. The number of aromatic nitrogens is 2. The van der Waals surface area contributed by atoms with Crippen LogP contribution in [0.25, 0.3) is 10.2 Å². The summed E-state index contributed by atoms with van der Waals surface area (Å²) in [6.07, 6.45) is 5.80. The van der Waals surface area contributed by atoms with Gasteiger partial charge in [-0.25, -0.2) is 13.8 Å². The molecule has 3 aliphatic heterocycles. The van der Waals surface area contributed by atoms with Crippen molar-refractivity contribution in [3.05, 3.63) is 58.9 Å². The maximum absolute atomic E-state index is 13.8. The zero-order valence-electron chi connectivity index (χ0n) is 17.3. The molecule has 0 bridgehead atoms. The molecule has 0 radical (unpaired) electrons. The van der Waals surface area contributed by atoms with Gasteiger partial charge in [0, 0.05) is 31.5 Å². The van der Waals surface area contributed by atoms with Gasteiger partial charge in [-0.3, -0.25) is 14.7 Å². The number of benzene rings is 1. The normalized spacial score (nSPS) is 25.2. The van der Waals surface area contributed by atoms with Crippen molar-refractivity contribution in [2.75, 3.05) is 13.1 Å². The van der Waals surface area contributed by atoms with Crippen LogP contribution in [0.2, 0.25) is 0 Å². The summed E-state index contributed by atoms with van der Waals surface area (Å²) in [6.45, 7) is 2.21. The van der Waals surface area contributed by atoms with Gasteiger partial charge >= 0.3 is 0 Å². The summed E-state index contributed by atoms with van der Waals surface area (Å²) >= 11 is 1.65. The Hall–Kier alpha value is -2.49. The number of thiazole rings is 1. The number of carbonyl (C=O) groups is 1. The first-order valence-electron chi connectivity index (χ1n) is 10.9. The van der Waals surface area contributed by atoms with Crippen molar-refractivity contribution in [3.8, 4) is 0 Å². The second kappa shape index (κ2) is 7.54. The van der Waals surface area contributed by atoms with Crippen LogP contribution in [0.4, 0.5) is 8.78 Å². The molecule has 6 rings (SSSR count). The van der Waals surface area contributed by atoms with E-state index in [1.807, 2.05) is 12.3 Å². The maximum atomic E-state index is 13.8. The topological polar surface area (TPSA) is 58.6 Å². The SMILES string of the molecule is O=C1N2C(CC[C@H]2c2cc(F)cc(F)c2)OC12CCN(Cc1nc3ccncc3s1)CC2. The minimum Gasteiger partial charge on any atom is -0.342 e. The molecule has 3 aliphatic rings. The molecule has 3 fully saturated rings. The van der Waals surface area contributed by atoms with E-state index < -0.39 is 17.2 Å². The Balaban J connectivity index is 1.16. The standard InChI is InChI=1S/C23H22F2N4O2S/c24-15-9-14(10-16(25)11-15)18-1-2-21-29(18)22(30)23(31-21)4-7-28(8-5-23)13-20-27-17-3-6-26-12-19(17)32-20/h3,6,9-12,18,21H,1-2,4-5,7-8,13H2/t18-,21?/m0/s1. The van der Waals surface area contributed by atoms with E-state index in [4.69, 9.17) is 4.74 Å². The van der Waals surface area contributed by atoms with Crippen molar-refractivity contribution in [3.63, 3.8) is 0 Å². The van der Waals surface area contributed by atoms with E-state index in [1.54, 1.807) is 22.4 Å². The van der Waals surface area contributed by atoms with Crippen LogP contribution in [-0.2, 0) is 16.1 Å². The number of ether oxygens (including phenoxy) is 1. The Morgan fingerprint density at radius 2 is 1.94 bits per heavy atom. The first-order valence-corrected chi connectivity index (χ1v) is 11.7. The van der Waals surface area contributed by atoms with E-state index in [0.717, 1.165) is 40.9 Å². The number of carbonyl (C=O) groups excluding carboxylic acids is 1. The molecular formula is C23H22F2N4O2S. The lowest BCUT2D eigenvalue weighted by Crippen LogP contribution is -2.50. The molecule has 0 aliphatic carbocycles. The average molecular weight is 457 g/mol. The van der Waals surface area contributed by atoms with E-state index in [-0.39, 0.29) is 18.2 Å². The zero-order chi connectivity index (χ0) is 21.9. The second-order valence-electron chi connectivity index (χ2n) is 8.80. The fourth-order valence-electron chi connectivity index (χ4n) is 5.30. The van der Waals surface area contributed by atoms with E-state index in [1.165, 1.54) is 12.1 Å². The van der Waals surface area contributed by atoms with E-state index in [0.29, 0.717) is 31.2 Å². The average Bonchev–Trinajstić information content (AvgIpc) is 3.43. The lowest BCUT2D eigenvalue weighted by atomic mass is 9.89. The molecule has 6 nitrogen and oxygen atoms in total. The van der Waals surface area contributed by atoms with E-state index in [9.17, 15) is 13.6 Å². The number of fused-ring (bicyclic) bond motifs is 2. The highest BCUT2D eigenvalue weighted by Crippen LogP contribution is 2.47. The molecule has 1 amide bonds. The van der Waals surface area contributed by atoms with E-state index in [2.05, 4.69) is 14.9 Å². The highest BCUT2D eigenvalue weighted by Gasteiger charge is 2.57. The number of pyridine rings is 1. The molecule has 3 saturated heterocycles. The van der Waals surface area contributed by atoms with Crippen molar-refractivity contribution >= 4 is 27.5 Å². The summed E-state index contributed by atoms with van der Waals surface area (Å²) in [4.78, 5) is 26.3. The van der Waals surface area contributed by atoms with Crippen molar-refractivity contribution in [1.82, 2.24) is 19.8 Å². The molecule has 1 aromatic carbocycles. The third-order valence-electron chi connectivity index (χ3n) is 6.85. The van der Waals surface area contributed by atoms with Gasteiger partial charge in [0.2, 0.25) is 0 Å². The number of halogens is 2. The molecule has 9 heteroatoms.